The second kappa shape index (κ2) is 8.15. The zero-order chi connectivity index (χ0) is 15.1. The third-order valence-corrected chi connectivity index (χ3v) is 4.40. The summed E-state index contributed by atoms with van der Waals surface area (Å²) >= 11 is 0. The van der Waals surface area contributed by atoms with Gasteiger partial charge in [0.05, 0.1) is 0 Å². The molecule has 1 aromatic carbocycles. The fourth-order valence-electron chi connectivity index (χ4n) is 3.05. The van der Waals surface area contributed by atoms with E-state index in [4.69, 9.17) is 5.73 Å². The first kappa shape index (κ1) is 16.0. The number of aliphatic hydroxyl groups is 1. The van der Waals surface area contributed by atoms with E-state index in [1.807, 2.05) is 30.3 Å². The molecule has 1 aliphatic carbocycles. The van der Waals surface area contributed by atoms with Crippen LogP contribution in [0.5, 0.6) is 0 Å². The number of benzene rings is 1. The van der Waals surface area contributed by atoms with E-state index in [-0.39, 0.29) is 30.5 Å². The minimum Gasteiger partial charge on any atom is -0.396 e. The number of carbonyl (C=O) groups excluding carboxylic acids is 1. The molecule has 0 aromatic heterocycles. The van der Waals surface area contributed by atoms with Gasteiger partial charge >= 0.3 is 0 Å². The Hall–Kier alpha value is -1.39. The minimum atomic E-state index is -0.100. The molecule has 4 nitrogen and oxygen atoms in total. The van der Waals surface area contributed by atoms with E-state index in [9.17, 15) is 9.90 Å². The van der Waals surface area contributed by atoms with Crippen LogP contribution in [0.4, 0.5) is 0 Å². The van der Waals surface area contributed by atoms with Crippen LogP contribution in [-0.4, -0.2) is 23.7 Å². The molecule has 116 valence electrons. The van der Waals surface area contributed by atoms with Gasteiger partial charge in [0.1, 0.15) is 0 Å². The Balaban J connectivity index is 1.76. The van der Waals surface area contributed by atoms with Crippen LogP contribution in [0.2, 0.25) is 0 Å². The van der Waals surface area contributed by atoms with Crippen LogP contribution in [0.3, 0.4) is 0 Å². The molecule has 2 rings (SSSR count). The maximum Gasteiger partial charge on any atom is 0.220 e. The maximum absolute atomic E-state index is 12.1. The summed E-state index contributed by atoms with van der Waals surface area (Å²) in [6.45, 7) is 0.161. The zero-order valence-electron chi connectivity index (χ0n) is 12.5. The van der Waals surface area contributed by atoms with Crippen molar-refractivity contribution in [3.8, 4) is 0 Å². The lowest BCUT2D eigenvalue weighted by atomic mass is 9.85. The zero-order valence-corrected chi connectivity index (χ0v) is 12.5. The lowest BCUT2D eigenvalue weighted by Crippen LogP contribution is -2.43. The predicted molar refractivity (Wildman–Crippen MR) is 83.6 cm³/mol. The summed E-state index contributed by atoms with van der Waals surface area (Å²) in [6, 6.07) is 9.89. The van der Waals surface area contributed by atoms with Gasteiger partial charge in [-0.25, -0.2) is 0 Å². The molecule has 1 aromatic rings. The standard InChI is InChI=1S/C17H26N2O2/c18-15(13-6-2-1-3-7-13)10-11-17(21)19-16-9-5-4-8-14(16)12-20/h1-3,6-7,14-16,20H,4-5,8-12,18H2,(H,19,21). The monoisotopic (exact) mass is 290 g/mol. The molecule has 4 heteroatoms. The Morgan fingerprint density at radius 3 is 2.71 bits per heavy atom. The first-order chi connectivity index (χ1) is 10.2. The number of carbonyl (C=O) groups is 1. The van der Waals surface area contributed by atoms with Crippen molar-refractivity contribution in [2.45, 2.75) is 50.6 Å². The molecular formula is C17H26N2O2. The summed E-state index contributed by atoms with van der Waals surface area (Å²) in [5.74, 6) is 0.261. The van der Waals surface area contributed by atoms with Gasteiger partial charge in [-0.3, -0.25) is 4.79 Å². The van der Waals surface area contributed by atoms with Gasteiger partial charge < -0.3 is 16.2 Å². The number of hydrogen-bond donors (Lipinski definition) is 3. The molecule has 1 amide bonds. The lowest BCUT2D eigenvalue weighted by Gasteiger charge is -2.31. The van der Waals surface area contributed by atoms with Gasteiger partial charge in [0.15, 0.2) is 0 Å². The Bertz CT molecular complexity index is 436. The molecule has 3 unspecified atom stereocenters. The van der Waals surface area contributed by atoms with E-state index >= 15 is 0 Å². The van der Waals surface area contributed by atoms with E-state index in [0.29, 0.717) is 12.8 Å². The molecule has 0 bridgehead atoms. The quantitative estimate of drug-likeness (QED) is 0.751. The van der Waals surface area contributed by atoms with Crippen molar-refractivity contribution >= 4 is 5.91 Å². The molecule has 1 aliphatic rings. The summed E-state index contributed by atoms with van der Waals surface area (Å²) in [7, 11) is 0. The topological polar surface area (TPSA) is 75.4 Å². The average Bonchev–Trinajstić information content (AvgIpc) is 2.54. The molecule has 4 N–H and O–H groups in total. The number of hydrogen-bond acceptors (Lipinski definition) is 3. The van der Waals surface area contributed by atoms with Crippen LogP contribution in [0.25, 0.3) is 0 Å². The highest BCUT2D eigenvalue weighted by molar-refractivity contribution is 5.76. The lowest BCUT2D eigenvalue weighted by molar-refractivity contribution is -0.122. The van der Waals surface area contributed by atoms with Gasteiger partial charge in [0.2, 0.25) is 5.91 Å². The Labute approximate surface area is 126 Å². The van der Waals surface area contributed by atoms with E-state index in [1.165, 1.54) is 0 Å². The highest BCUT2D eigenvalue weighted by atomic mass is 16.3. The summed E-state index contributed by atoms with van der Waals surface area (Å²) in [5.41, 5.74) is 7.18. The smallest absolute Gasteiger partial charge is 0.220 e. The SMILES string of the molecule is NC(CCC(=O)NC1CCCCC1CO)c1ccccc1. The second-order valence-electron chi connectivity index (χ2n) is 5.96. The van der Waals surface area contributed by atoms with E-state index in [0.717, 1.165) is 31.2 Å². The predicted octanol–water partition coefficient (Wildman–Crippen LogP) is 2.13. The number of nitrogens with one attached hydrogen (secondary N) is 1. The fourth-order valence-corrected chi connectivity index (χ4v) is 3.05. The van der Waals surface area contributed by atoms with Crippen LogP contribution in [0.1, 0.15) is 50.1 Å². The van der Waals surface area contributed by atoms with E-state index in [2.05, 4.69) is 5.32 Å². The van der Waals surface area contributed by atoms with Crippen molar-refractivity contribution in [1.82, 2.24) is 5.32 Å². The number of amides is 1. The first-order valence-electron chi connectivity index (χ1n) is 7.91. The Morgan fingerprint density at radius 1 is 1.29 bits per heavy atom. The van der Waals surface area contributed by atoms with Gasteiger partial charge in [-0.05, 0) is 24.8 Å². The first-order valence-corrected chi connectivity index (χ1v) is 7.91. The number of aliphatic hydroxyl groups excluding tert-OH is 1. The van der Waals surface area contributed by atoms with E-state index in [1.54, 1.807) is 0 Å². The van der Waals surface area contributed by atoms with Gasteiger partial charge in [-0.2, -0.15) is 0 Å². The van der Waals surface area contributed by atoms with Gasteiger partial charge in [0, 0.05) is 31.0 Å². The largest absolute Gasteiger partial charge is 0.396 e. The molecule has 0 radical (unpaired) electrons. The van der Waals surface area contributed by atoms with Crippen LogP contribution < -0.4 is 11.1 Å². The van der Waals surface area contributed by atoms with Gasteiger partial charge in [0.25, 0.3) is 0 Å². The summed E-state index contributed by atoms with van der Waals surface area (Å²) in [4.78, 5) is 12.1. The van der Waals surface area contributed by atoms with Crippen LogP contribution in [0, 0.1) is 5.92 Å². The fraction of sp³-hybridized carbons (Fsp3) is 0.588. The van der Waals surface area contributed by atoms with Gasteiger partial charge in [-0.1, -0.05) is 43.2 Å². The van der Waals surface area contributed by atoms with Crippen LogP contribution >= 0.6 is 0 Å². The van der Waals surface area contributed by atoms with Crippen molar-refractivity contribution in [3.05, 3.63) is 35.9 Å². The van der Waals surface area contributed by atoms with Crippen molar-refractivity contribution in [2.24, 2.45) is 11.7 Å². The number of rotatable bonds is 6. The maximum atomic E-state index is 12.1. The molecule has 1 fully saturated rings. The highest BCUT2D eigenvalue weighted by Gasteiger charge is 2.25. The minimum absolute atomic E-state index is 0.0479. The average molecular weight is 290 g/mol. The Morgan fingerprint density at radius 2 is 2.00 bits per heavy atom. The Kier molecular flexibility index (Phi) is 6.21. The normalized spacial score (nSPS) is 23.5. The van der Waals surface area contributed by atoms with Crippen LogP contribution in [-0.2, 0) is 4.79 Å². The highest BCUT2D eigenvalue weighted by Crippen LogP contribution is 2.24. The van der Waals surface area contributed by atoms with E-state index < -0.39 is 0 Å². The summed E-state index contributed by atoms with van der Waals surface area (Å²) in [5, 5.41) is 12.4. The van der Waals surface area contributed by atoms with Crippen molar-refractivity contribution < 1.29 is 9.90 Å². The molecule has 21 heavy (non-hydrogen) atoms. The second-order valence-corrected chi connectivity index (χ2v) is 5.96. The number of nitrogens with two attached hydrogens (primary N) is 1. The molecular weight excluding hydrogens is 264 g/mol. The van der Waals surface area contributed by atoms with Crippen LogP contribution in [0.15, 0.2) is 30.3 Å². The summed E-state index contributed by atoms with van der Waals surface area (Å²) < 4.78 is 0. The van der Waals surface area contributed by atoms with Crippen molar-refractivity contribution in [2.75, 3.05) is 6.61 Å². The summed E-state index contributed by atoms with van der Waals surface area (Å²) in [6.07, 6.45) is 5.34. The molecule has 0 saturated heterocycles. The third-order valence-electron chi connectivity index (χ3n) is 4.40. The van der Waals surface area contributed by atoms with Crippen molar-refractivity contribution in [3.63, 3.8) is 0 Å². The molecule has 0 heterocycles. The molecule has 1 saturated carbocycles. The molecule has 3 atom stereocenters. The third kappa shape index (κ3) is 4.83. The molecule has 0 aliphatic heterocycles. The van der Waals surface area contributed by atoms with Gasteiger partial charge in [-0.15, -0.1) is 0 Å². The van der Waals surface area contributed by atoms with Crippen molar-refractivity contribution in [1.29, 1.82) is 0 Å². The molecule has 0 spiro atoms.